The van der Waals surface area contributed by atoms with Crippen molar-refractivity contribution in [2.75, 3.05) is 13.2 Å². The van der Waals surface area contributed by atoms with Crippen LogP contribution in [-0.4, -0.2) is 52.5 Å². The van der Waals surface area contributed by atoms with Gasteiger partial charge in [0.2, 0.25) is 0 Å². The first-order valence-electron chi connectivity index (χ1n) is 3.72. The molecule has 13 heavy (non-hydrogen) atoms. The molecule has 0 spiro atoms. The minimum atomic E-state index is -1.93. The van der Waals surface area contributed by atoms with Crippen LogP contribution >= 0.6 is 0 Å². The van der Waals surface area contributed by atoms with Crippen molar-refractivity contribution in [1.82, 2.24) is 0 Å². The third kappa shape index (κ3) is 3.49. The number of ketones is 1. The van der Waals surface area contributed by atoms with E-state index in [9.17, 15) is 9.59 Å². The van der Waals surface area contributed by atoms with E-state index in [1.54, 1.807) is 0 Å². The quantitative estimate of drug-likeness (QED) is 0.338. The van der Waals surface area contributed by atoms with E-state index in [2.05, 4.69) is 4.74 Å². The summed E-state index contributed by atoms with van der Waals surface area (Å²) in [6.45, 7) is 0.707. The summed E-state index contributed by atoms with van der Waals surface area (Å²) in [4.78, 5) is 21.5. The molecule has 6 nitrogen and oxygen atoms in total. The molecular weight excluding hydrogens is 180 g/mol. The Bertz CT molecular complexity index is 189. The third-order valence-corrected chi connectivity index (χ3v) is 1.30. The molecule has 0 aliphatic carbocycles. The number of carbonyl (C=O) groups is 2. The minimum absolute atomic E-state index is 0.00646. The fraction of sp³-hybridized carbons (Fsp3) is 0.714. The minimum Gasteiger partial charge on any atom is -0.460 e. The van der Waals surface area contributed by atoms with E-state index in [1.807, 2.05) is 0 Å². The maximum atomic E-state index is 10.8. The van der Waals surface area contributed by atoms with Gasteiger partial charge in [-0.25, -0.2) is 4.79 Å². The maximum absolute atomic E-state index is 10.8. The molecule has 0 unspecified atom stereocenters. The number of hydrogen-bond donors (Lipinski definition) is 3. The molecule has 0 fully saturated rings. The summed E-state index contributed by atoms with van der Waals surface area (Å²) in [5.74, 6) is -2.48. The molecular formula is C7H12O6. The Morgan fingerprint density at radius 3 is 2.31 bits per heavy atom. The van der Waals surface area contributed by atoms with Crippen molar-refractivity contribution < 1.29 is 29.6 Å². The van der Waals surface area contributed by atoms with E-state index >= 15 is 0 Å². The topological polar surface area (TPSA) is 104 Å². The van der Waals surface area contributed by atoms with Crippen LogP contribution in [0.3, 0.4) is 0 Å². The highest BCUT2D eigenvalue weighted by molar-refractivity contribution is 6.35. The van der Waals surface area contributed by atoms with Gasteiger partial charge in [-0.3, -0.25) is 4.79 Å². The zero-order chi connectivity index (χ0) is 10.4. The zero-order valence-electron chi connectivity index (χ0n) is 7.14. The van der Waals surface area contributed by atoms with Crippen LogP contribution in [0.4, 0.5) is 0 Å². The third-order valence-electron chi connectivity index (χ3n) is 1.30. The van der Waals surface area contributed by atoms with Crippen molar-refractivity contribution in [2.45, 2.75) is 19.1 Å². The molecule has 0 rings (SSSR count). The number of Topliss-reactive ketones (excluding diaryl/α,β-unsaturated/α-hetero) is 1. The van der Waals surface area contributed by atoms with Gasteiger partial charge in [0.1, 0.15) is 6.10 Å². The monoisotopic (exact) mass is 192 g/mol. The molecule has 0 radical (unpaired) electrons. The highest BCUT2D eigenvalue weighted by Crippen LogP contribution is 1.96. The Morgan fingerprint density at radius 2 is 1.92 bits per heavy atom. The first kappa shape index (κ1) is 12.0. The van der Waals surface area contributed by atoms with E-state index < -0.39 is 30.6 Å². The second-order valence-electron chi connectivity index (χ2n) is 2.28. The molecule has 0 aromatic rings. The van der Waals surface area contributed by atoms with Gasteiger partial charge in [0.15, 0.2) is 6.10 Å². The van der Waals surface area contributed by atoms with E-state index in [0.717, 1.165) is 0 Å². The predicted octanol–water partition coefficient (Wildman–Crippen LogP) is -2.17. The molecule has 0 bridgehead atoms. The van der Waals surface area contributed by atoms with Crippen molar-refractivity contribution in [3.63, 3.8) is 0 Å². The standard InChI is InChI=1S/C7H12O6/c1-2-13-7(12)6(11)5(10)4(9)3-8/h4-5,8-10H,2-3H2,1H3/t4-,5-/m1/s1. The van der Waals surface area contributed by atoms with Gasteiger partial charge in [-0.1, -0.05) is 0 Å². The van der Waals surface area contributed by atoms with Crippen LogP contribution in [0.2, 0.25) is 0 Å². The van der Waals surface area contributed by atoms with Crippen LogP contribution in [-0.2, 0) is 14.3 Å². The number of hydrogen-bond acceptors (Lipinski definition) is 6. The fourth-order valence-corrected chi connectivity index (χ4v) is 0.598. The van der Waals surface area contributed by atoms with Crippen LogP contribution in [0.5, 0.6) is 0 Å². The molecule has 2 atom stereocenters. The van der Waals surface area contributed by atoms with Gasteiger partial charge in [0.05, 0.1) is 13.2 Å². The molecule has 76 valence electrons. The maximum Gasteiger partial charge on any atom is 0.377 e. The van der Waals surface area contributed by atoms with Gasteiger partial charge < -0.3 is 20.1 Å². The molecule has 3 N–H and O–H groups in total. The number of rotatable bonds is 5. The van der Waals surface area contributed by atoms with Crippen molar-refractivity contribution in [2.24, 2.45) is 0 Å². The summed E-state index contributed by atoms with van der Waals surface area (Å²) >= 11 is 0. The smallest absolute Gasteiger partial charge is 0.377 e. The lowest BCUT2D eigenvalue weighted by Gasteiger charge is -2.12. The van der Waals surface area contributed by atoms with Crippen LogP contribution < -0.4 is 0 Å². The molecule has 0 aliphatic rings. The van der Waals surface area contributed by atoms with Gasteiger partial charge in [0, 0.05) is 0 Å². The summed E-state index contributed by atoms with van der Waals surface area (Å²) in [5.41, 5.74) is 0. The van der Waals surface area contributed by atoms with Gasteiger partial charge >= 0.3 is 5.97 Å². The van der Waals surface area contributed by atoms with Gasteiger partial charge in [-0.15, -0.1) is 0 Å². The Kier molecular flexibility index (Phi) is 5.20. The Morgan fingerprint density at radius 1 is 1.38 bits per heavy atom. The summed E-state index contributed by atoms with van der Waals surface area (Å²) in [6, 6.07) is 0. The van der Waals surface area contributed by atoms with Crippen molar-refractivity contribution in [3.8, 4) is 0 Å². The number of ether oxygens (including phenoxy) is 1. The van der Waals surface area contributed by atoms with E-state index in [0.29, 0.717) is 0 Å². The highest BCUT2D eigenvalue weighted by Gasteiger charge is 2.30. The first-order chi connectivity index (χ1) is 6.04. The Hall–Kier alpha value is -0.980. The van der Waals surface area contributed by atoms with Crippen molar-refractivity contribution in [3.05, 3.63) is 0 Å². The van der Waals surface area contributed by atoms with Crippen LogP contribution in [0.15, 0.2) is 0 Å². The summed E-state index contributed by atoms with van der Waals surface area (Å²) in [6.07, 6.45) is -3.58. The highest BCUT2D eigenvalue weighted by atomic mass is 16.5. The molecule has 0 saturated heterocycles. The molecule has 0 aliphatic heterocycles. The SMILES string of the molecule is CCOC(=O)C(=O)[C@H](O)[C@H](O)CO. The number of aliphatic hydroxyl groups excluding tert-OH is 3. The van der Waals surface area contributed by atoms with Crippen molar-refractivity contribution >= 4 is 11.8 Å². The average molecular weight is 192 g/mol. The molecule has 0 saturated carbocycles. The van der Waals surface area contributed by atoms with E-state index in [4.69, 9.17) is 15.3 Å². The Balaban J connectivity index is 4.17. The predicted molar refractivity (Wildman–Crippen MR) is 40.7 cm³/mol. The molecule has 6 heteroatoms. The zero-order valence-corrected chi connectivity index (χ0v) is 7.14. The molecule has 0 amide bonds. The van der Waals surface area contributed by atoms with Crippen LogP contribution in [0, 0.1) is 0 Å². The average Bonchev–Trinajstić information content (AvgIpc) is 2.14. The van der Waals surface area contributed by atoms with Gasteiger partial charge in [-0.05, 0) is 6.92 Å². The van der Waals surface area contributed by atoms with E-state index in [1.165, 1.54) is 6.92 Å². The lowest BCUT2D eigenvalue weighted by Crippen LogP contribution is -2.40. The van der Waals surface area contributed by atoms with Gasteiger partial charge in [-0.2, -0.15) is 0 Å². The number of aliphatic hydroxyl groups is 3. The second kappa shape index (κ2) is 5.63. The molecule has 0 aromatic heterocycles. The second-order valence-corrected chi connectivity index (χ2v) is 2.28. The summed E-state index contributed by atoms with van der Waals surface area (Å²) < 4.78 is 4.28. The largest absolute Gasteiger partial charge is 0.460 e. The van der Waals surface area contributed by atoms with Crippen molar-refractivity contribution in [1.29, 1.82) is 0 Å². The first-order valence-corrected chi connectivity index (χ1v) is 3.72. The van der Waals surface area contributed by atoms with Gasteiger partial charge in [0.25, 0.3) is 5.78 Å². The molecule has 0 heterocycles. The summed E-state index contributed by atoms with van der Waals surface area (Å²) in [5, 5.41) is 26.1. The van der Waals surface area contributed by atoms with E-state index in [-0.39, 0.29) is 6.61 Å². The molecule has 0 aromatic carbocycles. The lowest BCUT2D eigenvalue weighted by atomic mass is 10.1. The Labute approximate surface area is 74.7 Å². The number of esters is 1. The lowest BCUT2D eigenvalue weighted by molar-refractivity contribution is -0.160. The van der Waals surface area contributed by atoms with Crippen LogP contribution in [0.25, 0.3) is 0 Å². The summed E-state index contributed by atoms with van der Waals surface area (Å²) in [7, 11) is 0. The van der Waals surface area contributed by atoms with Crippen LogP contribution in [0.1, 0.15) is 6.92 Å². The fourth-order valence-electron chi connectivity index (χ4n) is 0.598. The normalized spacial score (nSPS) is 14.8. The number of carbonyl (C=O) groups excluding carboxylic acids is 2.